The quantitative estimate of drug-likeness (QED) is 0.601. The van der Waals surface area contributed by atoms with Crippen molar-refractivity contribution in [1.29, 1.82) is 0 Å². The second kappa shape index (κ2) is 5.09. The van der Waals surface area contributed by atoms with Crippen LogP contribution in [0.15, 0.2) is 30.6 Å². The van der Waals surface area contributed by atoms with Crippen LogP contribution < -0.4 is 63.2 Å². The number of imidazole rings is 2. The van der Waals surface area contributed by atoms with Gasteiger partial charge in [-0.1, -0.05) is 24.5 Å². The van der Waals surface area contributed by atoms with Gasteiger partial charge in [0.2, 0.25) is 0 Å². The standard InChI is InChI=1S/C14H11N4.Rb/c1-9-14(18-6-2-3-13(18)17-9)10-4-5-11-12(7-10)16-8-15-11;/h2,4-8H,3H2,1H3;/q-1;+1. The molecule has 0 N–H and O–H groups in total. The van der Waals surface area contributed by atoms with Crippen molar-refractivity contribution in [3.8, 4) is 11.3 Å². The van der Waals surface area contributed by atoms with Gasteiger partial charge in [-0.05, 0) is 24.0 Å². The number of aromatic nitrogens is 4. The van der Waals surface area contributed by atoms with Gasteiger partial charge >= 0.3 is 58.2 Å². The molecule has 0 unspecified atom stereocenters. The van der Waals surface area contributed by atoms with E-state index in [2.05, 4.69) is 50.9 Å². The molecule has 1 aromatic carbocycles. The largest absolute Gasteiger partial charge is 1.00 e. The molecule has 3 aromatic rings. The third-order valence-electron chi connectivity index (χ3n) is 3.36. The minimum atomic E-state index is 0. The molecule has 1 aliphatic rings. The number of nitrogens with zero attached hydrogens (tertiary/aromatic N) is 4. The van der Waals surface area contributed by atoms with Gasteiger partial charge < -0.3 is 14.5 Å². The van der Waals surface area contributed by atoms with E-state index in [1.807, 2.05) is 6.07 Å². The smallest absolute Gasteiger partial charge is 0.443 e. The van der Waals surface area contributed by atoms with E-state index < -0.39 is 0 Å². The van der Waals surface area contributed by atoms with Gasteiger partial charge in [0.25, 0.3) is 0 Å². The van der Waals surface area contributed by atoms with E-state index in [9.17, 15) is 0 Å². The molecule has 0 bridgehead atoms. The van der Waals surface area contributed by atoms with Crippen LogP contribution in [0, 0.1) is 6.92 Å². The van der Waals surface area contributed by atoms with Gasteiger partial charge in [-0.2, -0.15) is 0 Å². The molecule has 0 saturated heterocycles. The van der Waals surface area contributed by atoms with Gasteiger partial charge in [0.15, 0.2) is 0 Å². The first-order valence-electron chi connectivity index (χ1n) is 5.95. The maximum Gasteiger partial charge on any atom is 1.00 e. The Morgan fingerprint density at radius 2 is 2.21 bits per heavy atom. The summed E-state index contributed by atoms with van der Waals surface area (Å²) in [6.45, 7) is 2.05. The van der Waals surface area contributed by atoms with Crippen molar-refractivity contribution in [2.45, 2.75) is 13.3 Å². The van der Waals surface area contributed by atoms with Crippen LogP contribution in [-0.2, 0) is 6.42 Å². The minimum absolute atomic E-state index is 0. The third-order valence-corrected chi connectivity index (χ3v) is 3.36. The molecular formula is C14H11N4Rb. The van der Waals surface area contributed by atoms with Crippen LogP contribution in [0.4, 0.5) is 0 Å². The van der Waals surface area contributed by atoms with E-state index in [1.165, 1.54) is 0 Å². The molecule has 0 fully saturated rings. The number of rotatable bonds is 1. The molecule has 4 nitrogen and oxygen atoms in total. The van der Waals surface area contributed by atoms with Crippen LogP contribution in [0.2, 0.25) is 0 Å². The van der Waals surface area contributed by atoms with Gasteiger partial charge in [-0.15, -0.1) is 0 Å². The molecular weight excluding hydrogens is 310 g/mol. The summed E-state index contributed by atoms with van der Waals surface area (Å²) in [5, 5.41) is 0. The monoisotopic (exact) mass is 320 g/mol. The van der Waals surface area contributed by atoms with E-state index in [1.54, 1.807) is 6.33 Å². The van der Waals surface area contributed by atoms with Crippen LogP contribution in [0.1, 0.15) is 11.5 Å². The normalized spacial score (nSPS) is 12.7. The predicted molar refractivity (Wildman–Crippen MR) is 70.1 cm³/mol. The van der Waals surface area contributed by atoms with Crippen molar-refractivity contribution >= 4 is 17.2 Å². The second-order valence-electron chi connectivity index (χ2n) is 4.50. The summed E-state index contributed by atoms with van der Waals surface area (Å²) >= 11 is 0. The Morgan fingerprint density at radius 1 is 1.32 bits per heavy atom. The Morgan fingerprint density at radius 3 is 3.11 bits per heavy atom. The zero-order valence-electron chi connectivity index (χ0n) is 11.0. The zero-order valence-corrected chi connectivity index (χ0v) is 15.9. The molecule has 88 valence electrons. The minimum Gasteiger partial charge on any atom is -0.443 e. The topological polar surface area (TPSA) is 44.8 Å². The number of hydrogen-bond acceptors (Lipinski definition) is 2. The van der Waals surface area contributed by atoms with E-state index in [0.29, 0.717) is 0 Å². The maximum absolute atomic E-state index is 4.60. The second-order valence-corrected chi connectivity index (χ2v) is 4.50. The first kappa shape index (κ1) is 13.4. The number of aryl methyl sites for hydroxylation is 1. The Balaban J connectivity index is 0.00000110. The third kappa shape index (κ3) is 2.11. The van der Waals surface area contributed by atoms with Crippen molar-refractivity contribution < 1.29 is 58.2 Å². The van der Waals surface area contributed by atoms with E-state index in [-0.39, 0.29) is 58.2 Å². The zero-order chi connectivity index (χ0) is 12.1. The van der Waals surface area contributed by atoms with Crippen LogP contribution in [0.5, 0.6) is 0 Å². The molecule has 0 amide bonds. The average Bonchev–Trinajstić information content (AvgIpc) is 3.02. The Labute approximate surface area is 159 Å². The molecule has 5 heteroatoms. The molecule has 19 heavy (non-hydrogen) atoms. The van der Waals surface area contributed by atoms with Gasteiger partial charge in [0.1, 0.15) is 5.82 Å². The van der Waals surface area contributed by atoms with Gasteiger partial charge in [0.05, 0.1) is 11.4 Å². The van der Waals surface area contributed by atoms with Gasteiger partial charge in [-0.3, -0.25) is 0 Å². The molecule has 0 saturated carbocycles. The molecule has 0 atom stereocenters. The van der Waals surface area contributed by atoms with Crippen LogP contribution in [-0.4, -0.2) is 14.5 Å². The fraction of sp³-hybridized carbons (Fsp3) is 0.143. The Hall–Kier alpha value is -0.555. The SMILES string of the molecule is Cc1nc2n(c1-c1ccc3nc[n-]c3c1)C=CC2.[Rb+]. The maximum atomic E-state index is 4.60. The molecule has 0 spiro atoms. The average molecular weight is 321 g/mol. The summed E-state index contributed by atoms with van der Waals surface area (Å²) in [6.07, 6.45) is 6.74. The van der Waals surface area contributed by atoms with E-state index in [4.69, 9.17) is 0 Å². The summed E-state index contributed by atoms with van der Waals surface area (Å²) < 4.78 is 2.16. The number of fused-ring (bicyclic) bond motifs is 2. The van der Waals surface area contributed by atoms with E-state index >= 15 is 0 Å². The Bertz CT molecular complexity index is 782. The van der Waals surface area contributed by atoms with Gasteiger partial charge in [0, 0.05) is 18.2 Å². The van der Waals surface area contributed by atoms with Crippen molar-refractivity contribution in [2.75, 3.05) is 0 Å². The first-order valence-corrected chi connectivity index (χ1v) is 5.95. The molecule has 0 aliphatic carbocycles. The van der Waals surface area contributed by atoms with E-state index in [0.717, 1.165) is 40.2 Å². The summed E-state index contributed by atoms with van der Waals surface area (Å²) in [5.74, 6) is 1.11. The summed E-state index contributed by atoms with van der Waals surface area (Å²) in [7, 11) is 0. The van der Waals surface area contributed by atoms with Crippen LogP contribution >= 0.6 is 0 Å². The predicted octanol–water partition coefficient (Wildman–Crippen LogP) is -0.605. The fourth-order valence-electron chi connectivity index (χ4n) is 2.56. The summed E-state index contributed by atoms with van der Waals surface area (Å²) in [6, 6.07) is 6.17. The van der Waals surface area contributed by atoms with Crippen LogP contribution in [0.3, 0.4) is 0 Å². The molecule has 3 heterocycles. The first-order chi connectivity index (χ1) is 8.83. The molecule has 1 aliphatic heterocycles. The number of hydrogen-bond donors (Lipinski definition) is 0. The number of allylic oxidation sites excluding steroid dienone is 1. The van der Waals surface area contributed by atoms with Crippen molar-refractivity contribution in [3.05, 3.63) is 42.1 Å². The molecule has 4 rings (SSSR count). The Kier molecular flexibility index (Phi) is 3.60. The number of benzene rings is 1. The van der Waals surface area contributed by atoms with Crippen molar-refractivity contribution in [2.24, 2.45) is 0 Å². The summed E-state index contributed by atoms with van der Waals surface area (Å²) in [4.78, 5) is 13.0. The molecule has 0 radical (unpaired) electrons. The van der Waals surface area contributed by atoms with Crippen LogP contribution in [0.25, 0.3) is 28.5 Å². The fourth-order valence-corrected chi connectivity index (χ4v) is 2.56. The summed E-state index contributed by atoms with van der Waals surface area (Å²) in [5.41, 5.74) is 5.24. The van der Waals surface area contributed by atoms with Gasteiger partial charge in [-0.25, -0.2) is 4.98 Å². The molecule has 2 aromatic heterocycles. The van der Waals surface area contributed by atoms with Crippen molar-refractivity contribution in [3.63, 3.8) is 0 Å². The van der Waals surface area contributed by atoms with Crippen molar-refractivity contribution in [1.82, 2.24) is 19.5 Å².